The summed E-state index contributed by atoms with van der Waals surface area (Å²) in [6.07, 6.45) is 10.1. The summed E-state index contributed by atoms with van der Waals surface area (Å²) in [5, 5.41) is 4.26. The number of carbonyl (C=O) groups excluding carboxylic acids is 1. The molecule has 184 valence electrons. The molecular formula is C28H30N6O2. The van der Waals surface area contributed by atoms with E-state index in [1.165, 1.54) is 12.8 Å². The molecule has 1 aliphatic carbocycles. The normalized spacial score (nSPS) is 15.4. The Morgan fingerprint density at radius 2 is 1.89 bits per heavy atom. The molecule has 36 heavy (non-hydrogen) atoms. The van der Waals surface area contributed by atoms with Gasteiger partial charge in [-0.3, -0.25) is 14.5 Å². The third kappa shape index (κ3) is 4.51. The van der Waals surface area contributed by atoms with Crippen LogP contribution in [0.2, 0.25) is 0 Å². The van der Waals surface area contributed by atoms with Gasteiger partial charge in [0, 0.05) is 61.4 Å². The zero-order chi connectivity index (χ0) is 24.6. The molecule has 0 atom stereocenters. The summed E-state index contributed by atoms with van der Waals surface area (Å²) in [5.74, 6) is 1.40. The number of methoxy groups -OCH3 is 1. The van der Waals surface area contributed by atoms with Crippen molar-refractivity contribution < 1.29 is 9.53 Å². The number of amides is 1. The van der Waals surface area contributed by atoms with Crippen LogP contribution in [0.4, 0.5) is 11.4 Å². The standard InChI is InChI=1S/C28H30N6O2/c1-32-18-21(15-30-32)27-16-29-25-8-7-22(14-26(25)31-27)34(17-19-5-6-19)23-11-20(12-24(13-23)36-2)28(35)33-9-3-4-10-33/h7-8,11-16,18-19H,3-6,9-10,17H2,1-2H3. The highest BCUT2D eigenvalue weighted by atomic mass is 16.5. The van der Waals surface area contributed by atoms with Crippen molar-refractivity contribution in [2.24, 2.45) is 13.0 Å². The Bertz CT molecular complexity index is 1420. The molecule has 6 rings (SSSR count). The number of ether oxygens (including phenoxy) is 1. The van der Waals surface area contributed by atoms with Crippen molar-refractivity contribution in [2.75, 3.05) is 31.6 Å². The average Bonchev–Trinajstić information content (AvgIpc) is 3.35. The lowest BCUT2D eigenvalue weighted by molar-refractivity contribution is 0.0792. The van der Waals surface area contributed by atoms with Crippen molar-refractivity contribution in [2.45, 2.75) is 25.7 Å². The minimum atomic E-state index is 0.0736. The molecule has 2 aromatic carbocycles. The van der Waals surface area contributed by atoms with Crippen LogP contribution >= 0.6 is 0 Å². The first-order chi connectivity index (χ1) is 17.6. The first-order valence-corrected chi connectivity index (χ1v) is 12.6. The summed E-state index contributed by atoms with van der Waals surface area (Å²) in [7, 11) is 3.54. The van der Waals surface area contributed by atoms with Crippen molar-refractivity contribution in [1.82, 2.24) is 24.6 Å². The van der Waals surface area contributed by atoms with E-state index in [1.807, 2.05) is 42.4 Å². The number of hydrogen-bond donors (Lipinski definition) is 0. The van der Waals surface area contributed by atoms with Crippen LogP contribution in [0.3, 0.4) is 0 Å². The topological polar surface area (TPSA) is 76.4 Å². The molecule has 2 aromatic heterocycles. The van der Waals surface area contributed by atoms with Gasteiger partial charge in [0.15, 0.2) is 0 Å². The molecule has 0 unspecified atom stereocenters. The van der Waals surface area contributed by atoms with E-state index in [4.69, 9.17) is 9.72 Å². The number of carbonyl (C=O) groups is 1. The van der Waals surface area contributed by atoms with Crippen molar-refractivity contribution in [3.05, 3.63) is 60.6 Å². The molecule has 2 aliphatic rings. The Morgan fingerprint density at radius 3 is 2.61 bits per heavy atom. The van der Waals surface area contributed by atoms with E-state index in [0.717, 1.165) is 66.1 Å². The van der Waals surface area contributed by atoms with E-state index in [9.17, 15) is 4.79 Å². The summed E-state index contributed by atoms with van der Waals surface area (Å²) in [4.78, 5) is 27.0. The predicted molar refractivity (Wildman–Crippen MR) is 140 cm³/mol. The molecule has 8 nitrogen and oxygen atoms in total. The van der Waals surface area contributed by atoms with Gasteiger partial charge in [0.05, 0.1) is 36.2 Å². The quantitative estimate of drug-likeness (QED) is 0.376. The number of benzene rings is 2. The van der Waals surface area contributed by atoms with Crippen LogP contribution in [-0.2, 0) is 7.05 Å². The van der Waals surface area contributed by atoms with Crippen molar-refractivity contribution >= 4 is 28.3 Å². The van der Waals surface area contributed by atoms with Gasteiger partial charge in [-0.15, -0.1) is 0 Å². The van der Waals surface area contributed by atoms with E-state index >= 15 is 0 Å². The Kier molecular flexibility index (Phi) is 5.79. The Hall–Kier alpha value is -3.94. The summed E-state index contributed by atoms with van der Waals surface area (Å²) in [6.45, 7) is 2.52. The minimum absolute atomic E-state index is 0.0736. The van der Waals surface area contributed by atoms with Crippen LogP contribution in [0, 0.1) is 5.92 Å². The van der Waals surface area contributed by atoms with Gasteiger partial charge in [0.1, 0.15) is 5.75 Å². The highest BCUT2D eigenvalue weighted by Crippen LogP contribution is 2.38. The van der Waals surface area contributed by atoms with Crippen LogP contribution in [0.5, 0.6) is 5.75 Å². The number of hydrogen-bond acceptors (Lipinski definition) is 6. The van der Waals surface area contributed by atoms with E-state index in [0.29, 0.717) is 17.2 Å². The summed E-state index contributed by atoms with van der Waals surface area (Å²) < 4.78 is 7.39. The van der Waals surface area contributed by atoms with Gasteiger partial charge in [-0.05, 0) is 61.9 Å². The van der Waals surface area contributed by atoms with Gasteiger partial charge in [0.2, 0.25) is 0 Å². The molecule has 8 heteroatoms. The van der Waals surface area contributed by atoms with Crippen molar-refractivity contribution in [1.29, 1.82) is 0 Å². The second kappa shape index (κ2) is 9.26. The van der Waals surface area contributed by atoms with Gasteiger partial charge in [-0.25, -0.2) is 4.98 Å². The van der Waals surface area contributed by atoms with Gasteiger partial charge in [0.25, 0.3) is 5.91 Å². The van der Waals surface area contributed by atoms with E-state index in [2.05, 4.69) is 27.1 Å². The van der Waals surface area contributed by atoms with Gasteiger partial charge >= 0.3 is 0 Å². The first-order valence-electron chi connectivity index (χ1n) is 12.6. The van der Waals surface area contributed by atoms with E-state index < -0.39 is 0 Å². The monoisotopic (exact) mass is 482 g/mol. The minimum Gasteiger partial charge on any atom is -0.497 e. The third-order valence-electron chi connectivity index (χ3n) is 7.05. The van der Waals surface area contributed by atoms with Crippen LogP contribution < -0.4 is 9.64 Å². The molecule has 0 N–H and O–H groups in total. The van der Waals surface area contributed by atoms with Crippen LogP contribution in [0.15, 0.2) is 55.0 Å². The Morgan fingerprint density at radius 1 is 1.06 bits per heavy atom. The van der Waals surface area contributed by atoms with Crippen LogP contribution in [0.25, 0.3) is 22.3 Å². The Balaban J connectivity index is 1.40. The average molecular weight is 483 g/mol. The second-order valence-electron chi connectivity index (χ2n) is 9.80. The predicted octanol–water partition coefficient (Wildman–Crippen LogP) is 4.82. The SMILES string of the molecule is COc1cc(C(=O)N2CCCC2)cc(N(CC2CC2)c2ccc3ncc(-c4cnn(C)c4)nc3c2)c1. The molecule has 0 spiro atoms. The number of rotatable bonds is 7. The molecule has 2 fully saturated rings. The highest BCUT2D eigenvalue weighted by molar-refractivity contribution is 5.96. The second-order valence-corrected chi connectivity index (χ2v) is 9.80. The van der Waals surface area contributed by atoms with Crippen molar-refractivity contribution in [3.63, 3.8) is 0 Å². The fraction of sp³-hybridized carbons (Fsp3) is 0.357. The highest BCUT2D eigenvalue weighted by Gasteiger charge is 2.27. The van der Waals surface area contributed by atoms with Crippen molar-refractivity contribution in [3.8, 4) is 17.0 Å². The molecule has 1 saturated carbocycles. The number of nitrogens with zero attached hydrogens (tertiary/aromatic N) is 6. The number of fused-ring (bicyclic) bond motifs is 1. The molecule has 0 bridgehead atoms. The Labute approximate surface area is 210 Å². The fourth-order valence-electron chi connectivity index (χ4n) is 4.86. The van der Waals surface area contributed by atoms with Gasteiger partial charge < -0.3 is 14.5 Å². The number of anilines is 2. The van der Waals surface area contributed by atoms with E-state index in [1.54, 1.807) is 24.2 Å². The zero-order valence-corrected chi connectivity index (χ0v) is 20.7. The summed E-state index contributed by atoms with van der Waals surface area (Å²) in [6, 6.07) is 12.1. The number of likely N-dealkylation sites (tertiary alicyclic amines) is 1. The lowest BCUT2D eigenvalue weighted by atomic mass is 10.1. The largest absolute Gasteiger partial charge is 0.497 e. The number of aromatic nitrogens is 4. The first kappa shape index (κ1) is 22.5. The smallest absolute Gasteiger partial charge is 0.254 e. The third-order valence-corrected chi connectivity index (χ3v) is 7.05. The fourth-order valence-corrected chi connectivity index (χ4v) is 4.86. The maximum Gasteiger partial charge on any atom is 0.254 e. The maximum atomic E-state index is 13.2. The zero-order valence-electron chi connectivity index (χ0n) is 20.7. The molecule has 1 saturated heterocycles. The molecule has 1 aliphatic heterocycles. The number of aryl methyl sites for hydroxylation is 1. The molecule has 4 aromatic rings. The summed E-state index contributed by atoms with van der Waals surface area (Å²) >= 11 is 0. The molecule has 1 amide bonds. The maximum absolute atomic E-state index is 13.2. The molecule has 3 heterocycles. The summed E-state index contributed by atoms with van der Waals surface area (Å²) in [5.41, 5.74) is 6.05. The van der Waals surface area contributed by atoms with Gasteiger partial charge in [-0.2, -0.15) is 5.10 Å². The van der Waals surface area contributed by atoms with Gasteiger partial charge in [-0.1, -0.05) is 0 Å². The van der Waals surface area contributed by atoms with Crippen LogP contribution in [-0.4, -0.2) is 57.3 Å². The molecular weight excluding hydrogens is 452 g/mol. The van der Waals surface area contributed by atoms with E-state index in [-0.39, 0.29) is 5.91 Å². The van der Waals surface area contributed by atoms with Crippen LogP contribution in [0.1, 0.15) is 36.0 Å². The molecule has 0 radical (unpaired) electrons. The lowest BCUT2D eigenvalue weighted by Gasteiger charge is -2.27. The lowest BCUT2D eigenvalue weighted by Crippen LogP contribution is -2.28.